The lowest BCUT2D eigenvalue weighted by atomic mass is 9.96. The number of carbonyl (C=O) groups excluding carboxylic acids is 1. The molecule has 0 bridgehead atoms. The van der Waals surface area contributed by atoms with E-state index in [2.05, 4.69) is 15.0 Å². The Hall–Kier alpha value is -2.93. The highest BCUT2D eigenvalue weighted by Crippen LogP contribution is 2.25. The van der Waals surface area contributed by atoms with Crippen LogP contribution in [0, 0.1) is 0 Å². The number of nitrogens with zero attached hydrogens (tertiary/aromatic N) is 2. The summed E-state index contributed by atoms with van der Waals surface area (Å²) in [6, 6.07) is 6.44. The Balaban J connectivity index is 1.54. The normalized spacial score (nSPS) is 13.9. The lowest BCUT2D eigenvalue weighted by molar-refractivity contribution is 0.100. The molecule has 0 radical (unpaired) electrons. The van der Waals surface area contributed by atoms with E-state index in [0.29, 0.717) is 29.6 Å². The molecular weight excluding hydrogens is 344 g/mol. The van der Waals surface area contributed by atoms with Crippen LogP contribution in [0.2, 0.25) is 0 Å². The number of pyridine rings is 1. The molecule has 3 aromatic rings. The van der Waals surface area contributed by atoms with E-state index in [-0.39, 0.29) is 5.43 Å². The van der Waals surface area contributed by atoms with Crippen LogP contribution in [0.1, 0.15) is 45.9 Å². The number of carbonyl (C=O) groups is 1. The van der Waals surface area contributed by atoms with E-state index in [9.17, 15) is 9.59 Å². The molecule has 0 spiro atoms. The smallest absolute Gasteiger partial charge is 0.248 e. The van der Waals surface area contributed by atoms with E-state index >= 15 is 0 Å². The van der Waals surface area contributed by atoms with Crippen LogP contribution < -0.4 is 11.2 Å². The van der Waals surface area contributed by atoms with Crippen LogP contribution in [0.4, 0.5) is 0 Å². The molecule has 1 aliphatic carbocycles. The van der Waals surface area contributed by atoms with Gasteiger partial charge in [0.25, 0.3) is 0 Å². The Morgan fingerprint density at radius 2 is 2.07 bits per heavy atom. The summed E-state index contributed by atoms with van der Waals surface area (Å²) in [4.78, 5) is 29.1. The van der Waals surface area contributed by atoms with E-state index < -0.39 is 5.91 Å². The minimum absolute atomic E-state index is 0.130. The molecule has 7 heteroatoms. The molecule has 140 valence electrons. The SMILES string of the molecule is CN(Cc1cc(=O)c2cc(C(N)=O)ccc2[nH]1)Cc1noc2c1CCCC2. The number of aromatic amines is 1. The summed E-state index contributed by atoms with van der Waals surface area (Å²) in [5.74, 6) is 0.477. The van der Waals surface area contributed by atoms with Crippen LogP contribution in [-0.4, -0.2) is 28.0 Å². The van der Waals surface area contributed by atoms with Crippen molar-refractivity contribution in [1.29, 1.82) is 0 Å². The second-order valence-corrected chi connectivity index (χ2v) is 7.19. The lowest BCUT2D eigenvalue weighted by Crippen LogP contribution is -2.21. The fraction of sp³-hybridized carbons (Fsp3) is 0.350. The molecule has 1 aliphatic rings. The quantitative estimate of drug-likeness (QED) is 0.720. The Bertz CT molecular complexity index is 1070. The van der Waals surface area contributed by atoms with Gasteiger partial charge in [-0.25, -0.2) is 0 Å². The number of amides is 1. The third kappa shape index (κ3) is 3.50. The number of nitrogens with two attached hydrogens (primary N) is 1. The van der Waals surface area contributed by atoms with Gasteiger partial charge in [-0.3, -0.25) is 14.5 Å². The van der Waals surface area contributed by atoms with Gasteiger partial charge < -0.3 is 15.2 Å². The summed E-state index contributed by atoms with van der Waals surface area (Å²) < 4.78 is 5.47. The van der Waals surface area contributed by atoms with Crippen LogP contribution in [0.5, 0.6) is 0 Å². The molecule has 1 aromatic carbocycles. The summed E-state index contributed by atoms with van der Waals surface area (Å²) in [5.41, 5.74) is 9.22. The van der Waals surface area contributed by atoms with Crippen molar-refractivity contribution in [1.82, 2.24) is 15.0 Å². The zero-order valence-electron chi connectivity index (χ0n) is 15.2. The van der Waals surface area contributed by atoms with Gasteiger partial charge in [0.1, 0.15) is 11.5 Å². The molecule has 0 saturated heterocycles. The Morgan fingerprint density at radius 1 is 1.26 bits per heavy atom. The molecule has 0 fully saturated rings. The molecule has 0 aliphatic heterocycles. The first-order chi connectivity index (χ1) is 13.0. The minimum atomic E-state index is -0.545. The number of benzene rings is 1. The maximum Gasteiger partial charge on any atom is 0.248 e. The number of nitrogens with one attached hydrogen (secondary N) is 1. The molecule has 2 aromatic heterocycles. The first-order valence-corrected chi connectivity index (χ1v) is 9.12. The summed E-state index contributed by atoms with van der Waals surface area (Å²) >= 11 is 0. The molecule has 0 saturated carbocycles. The summed E-state index contributed by atoms with van der Waals surface area (Å²) in [6.45, 7) is 1.24. The topological polar surface area (TPSA) is 105 Å². The molecule has 4 rings (SSSR count). The van der Waals surface area contributed by atoms with Crippen molar-refractivity contribution in [3.63, 3.8) is 0 Å². The van der Waals surface area contributed by atoms with Gasteiger partial charge in [-0.1, -0.05) is 5.16 Å². The van der Waals surface area contributed by atoms with Gasteiger partial charge in [-0.15, -0.1) is 0 Å². The van der Waals surface area contributed by atoms with E-state index in [1.54, 1.807) is 18.2 Å². The first-order valence-electron chi connectivity index (χ1n) is 9.12. The Kier molecular flexibility index (Phi) is 4.53. The van der Waals surface area contributed by atoms with Crippen molar-refractivity contribution < 1.29 is 9.32 Å². The summed E-state index contributed by atoms with van der Waals surface area (Å²) in [6.07, 6.45) is 4.33. The number of hydrogen-bond acceptors (Lipinski definition) is 5. The fourth-order valence-electron chi connectivity index (χ4n) is 3.72. The number of rotatable bonds is 5. The van der Waals surface area contributed by atoms with E-state index in [0.717, 1.165) is 36.4 Å². The van der Waals surface area contributed by atoms with Gasteiger partial charge >= 0.3 is 0 Å². The molecule has 1 amide bonds. The highest BCUT2D eigenvalue weighted by Gasteiger charge is 2.20. The molecular formula is C20H22N4O3. The van der Waals surface area contributed by atoms with Crippen LogP contribution in [0.15, 0.2) is 33.6 Å². The van der Waals surface area contributed by atoms with E-state index in [4.69, 9.17) is 10.3 Å². The van der Waals surface area contributed by atoms with Crippen LogP contribution in [0.25, 0.3) is 10.9 Å². The second-order valence-electron chi connectivity index (χ2n) is 7.19. The van der Waals surface area contributed by atoms with Gasteiger partial charge in [-0.2, -0.15) is 0 Å². The van der Waals surface area contributed by atoms with Gasteiger partial charge in [-0.05, 0) is 44.5 Å². The molecule has 0 atom stereocenters. The van der Waals surface area contributed by atoms with Crippen LogP contribution >= 0.6 is 0 Å². The Labute approximate surface area is 156 Å². The van der Waals surface area contributed by atoms with Crippen molar-refractivity contribution in [2.75, 3.05) is 7.05 Å². The largest absolute Gasteiger partial charge is 0.366 e. The van der Waals surface area contributed by atoms with E-state index in [1.165, 1.54) is 18.1 Å². The van der Waals surface area contributed by atoms with Gasteiger partial charge in [0.2, 0.25) is 5.91 Å². The van der Waals surface area contributed by atoms with Gasteiger partial charge in [0, 0.05) is 53.3 Å². The van der Waals surface area contributed by atoms with Crippen LogP contribution in [0.3, 0.4) is 0 Å². The second kappa shape index (κ2) is 7.00. The zero-order chi connectivity index (χ0) is 19.0. The third-order valence-electron chi connectivity index (χ3n) is 5.06. The Morgan fingerprint density at radius 3 is 2.89 bits per heavy atom. The summed E-state index contributed by atoms with van der Waals surface area (Å²) in [7, 11) is 1.99. The molecule has 27 heavy (non-hydrogen) atoms. The number of fused-ring (bicyclic) bond motifs is 2. The maximum absolute atomic E-state index is 12.4. The van der Waals surface area contributed by atoms with Gasteiger partial charge in [0.05, 0.1) is 0 Å². The van der Waals surface area contributed by atoms with Crippen molar-refractivity contribution in [2.24, 2.45) is 5.73 Å². The van der Waals surface area contributed by atoms with Crippen molar-refractivity contribution in [2.45, 2.75) is 38.8 Å². The lowest BCUT2D eigenvalue weighted by Gasteiger charge is -2.17. The van der Waals surface area contributed by atoms with E-state index in [1.807, 2.05) is 7.05 Å². The fourth-order valence-corrected chi connectivity index (χ4v) is 3.72. The van der Waals surface area contributed by atoms with Crippen molar-refractivity contribution in [3.05, 3.63) is 62.8 Å². The predicted octanol–water partition coefficient (Wildman–Crippen LogP) is 2.13. The summed E-state index contributed by atoms with van der Waals surface area (Å²) in [5, 5.41) is 4.70. The minimum Gasteiger partial charge on any atom is -0.366 e. The molecule has 7 nitrogen and oxygen atoms in total. The number of aryl methyl sites for hydroxylation is 1. The standard InChI is InChI=1S/C20H22N4O3/c1-24(11-17-14-4-2-3-5-19(14)27-23-17)10-13-9-18(25)15-8-12(20(21)26)6-7-16(15)22-13/h6-9H,2-5,10-11H2,1H3,(H2,21,26)(H,22,25). The third-order valence-corrected chi connectivity index (χ3v) is 5.06. The zero-order valence-corrected chi connectivity index (χ0v) is 15.2. The van der Waals surface area contributed by atoms with Crippen LogP contribution in [-0.2, 0) is 25.9 Å². The number of H-pyrrole nitrogens is 1. The maximum atomic E-state index is 12.4. The molecule has 0 unspecified atom stereocenters. The number of primary amides is 1. The van der Waals surface area contributed by atoms with Crippen molar-refractivity contribution >= 4 is 16.8 Å². The van der Waals surface area contributed by atoms with Gasteiger partial charge in [0.15, 0.2) is 5.43 Å². The highest BCUT2D eigenvalue weighted by molar-refractivity contribution is 5.96. The average Bonchev–Trinajstić information content (AvgIpc) is 3.04. The highest BCUT2D eigenvalue weighted by atomic mass is 16.5. The number of aromatic nitrogens is 2. The average molecular weight is 366 g/mol. The molecule has 2 heterocycles. The number of hydrogen-bond donors (Lipinski definition) is 2. The van der Waals surface area contributed by atoms with Crippen molar-refractivity contribution in [3.8, 4) is 0 Å². The predicted molar refractivity (Wildman–Crippen MR) is 101 cm³/mol. The first kappa shape index (κ1) is 17.5. The molecule has 3 N–H and O–H groups in total. The monoisotopic (exact) mass is 366 g/mol.